The second-order valence-electron chi connectivity index (χ2n) is 7.09. The third-order valence-corrected chi connectivity index (χ3v) is 4.94. The first-order valence-electron chi connectivity index (χ1n) is 9.69. The number of benzene rings is 1. The molecule has 1 fully saturated rings. The van der Waals surface area contributed by atoms with Gasteiger partial charge in [-0.3, -0.25) is 4.99 Å². The maximum atomic E-state index is 12.2. The number of piperidine rings is 1. The van der Waals surface area contributed by atoms with E-state index in [1.54, 1.807) is 31.3 Å². The lowest BCUT2D eigenvalue weighted by Crippen LogP contribution is -2.43. The van der Waals surface area contributed by atoms with Crippen LogP contribution in [0.1, 0.15) is 31.7 Å². The van der Waals surface area contributed by atoms with E-state index in [1.807, 2.05) is 11.9 Å². The molecule has 1 aromatic carbocycles. The fourth-order valence-electron chi connectivity index (χ4n) is 3.48. The summed E-state index contributed by atoms with van der Waals surface area (Å²) in [4.78, 5) is 8.94. The van der Waals surface area contributed by atoms with E-state index < -0.39 is 6.61 Å². The zero-order chi connectivity index (χ0) is 19.6. The molecule has 0 unspecified atom stereocenters. The molecule has 0 aromatic heterocycles. The smallest absolute Gasteiger partial charge is 0.387 e. The highest BCUT2D eigenvalue weighted by atomic mass is 127. The molecule has 0 spiro atoms. The Bertz CT molecular complexity index is 578. The SMILES string of the molecule is CCCN1CCC(CNC(=NC)N(C)Cc2ccc(OC(F)F)cc2)CC1.I. The van der Waals surface area contributed by atoms with Crippen LogP contribution in [-0.2, 0) is 6.54 Å². The van der Waals surface area contributed by atoms with E-state index in [9.17, 15) is 8.78 Å². The molecule has 1 aliphatic rings. The molecule has 0 aliphatic carbocycles. The van der Waals surface area contributed by atoms with Gasteiger partial charge in [-0.05, 0) is 62.5 Å². The fourth-order valence-corrected chi connectivity index (χ4v) is 3.48. The summed E-state index contributed by atoms with van der Waals surface area (Å²) in [5.74, 6) is 1.70. The molecule has 1 N–H and O–H groups in total. The van der Waals surface area contributed by atoms with Gasteiger partial charge in [0.15, 0.2) is 5.96 Å². The Balaban J connectivity index is 0.00000392. The van der Waals surface area contributed by atoms with Gasteiger partial charge in [0.25, 0.3) is 0 Å². The molecule has 1 saturated heterocycles. The van der Waals surface area contributed by atoms with Crippen molar-refractivity contribution in [2.45, 2.75) is 39.3 Å². The zero-order valence-electron chi connectivity index (χ0n) is 17.0. The van der Waals surface area contributed by atoms with Gasteiger partial charge in [-0.25, -0.2) is 0 Å². The summed E-state index contributed by atoms with van der Waals surface area (Å²) >= 11 is 0. The monoisotopic (exact) mass is 510 g/mol. The summed E-state index contributed by atoms with van der Waals surface area (Å²) in [7, 11) is 3.75. The minimum Gasteiger partial charge on any atom is -0.435 e. The summed E-state index contributed by atoms with van der Waals surface area (Å²) in [6.07, 6.45) is 3.66. The number of nitrogens with zero attached hydrogens (tertiary/aromatic N) is 3. The first kappa shape index (κ1) is 24.9. The number of halogens is 3. The summed E-state index contributed by atoms with van der Waals surface area (Å²) in [5.41, 5.74) is 1.01. The third-order valence-electron chi connectivity index (χ3n) is 4.94. The Kier molecular flexibility index (Phi) is 11.7. The van der Waals surface area contributed by atoms with E-state index >= 15 is 0 Å². The van der Waals surface area contributed by atoms with E-state index in [4.69, 9.17) is 0 Å². The minimum atomic E-state index is -2.80. The van der Waals surface area contributed by atoms with Crippen molar-refractivity contribution in [2.24, 2.45) is 10.9 Å². The second kappa shape index (κ2) is 13.1. The van der Waals surface area contributed by atoms with Gasteiger partial charge in [0.1, 0.15) is 5.75 Å². The summed E-state index contributed by atoms with van der Waals surface area (Å²) in [6.45, 7) is 4.57. The molecule has 0 bridgehead atoms. The van der Waals surface area contributed by atoms with Crippen LogP contribution in [0, 0.1) is 5.92 Å². The standard InChI is InChI=1S/C20H32F2N4O.HI/c1-4-11-26-12-9-16(10-13-26)14-24-20(23-2)25(3)15-17-5-7-18(8-6-17)27-19(21)22;/h5-8,16,19H,4,9-15H2,1-3H3,(H,23,24);1H. The molecule has 1 aromatic rings. The van der Waals surface area contributed by atoms with Gasteiger partial charge in [-0.15, -0.1) is 24.0 Å². The lowest BCUT2D eigenvalue weighted by molar-refractivity contribution is -0.0498. The Morgan fingerprint density at radius 3 is 2.46 bits per heavy atom. The van der Waals surface area contributed by atoms with Crippen LogP contribution in [0.4, 0.5) is 8.78 Å². The van der Waals surface area contributed by atoms with E-state index in [-0.39, 0.29) is 29.7 Å². The fraction of sp³-hybridized carbons (Fsp3) is 0.650. The lowest BCUT2D eigenvalue weighted by Gasteiger charge is -2.32. The van der Waals surface area contributed by atoms with Crippen molar-refractivity contribution in [1.82, 2.24) is 15.1 Å². The molecular weight excluding hydrogens is 477 g/mol. The van der Waals surface area contributed by atoms with Gasteiger partial charge in [-0.2, -0.15) is 8.78 Å². The maximum absolute atomic E-state index is 12.2. The molecule has 8 heteroatoms. The maximum Gasteiger partial charge on any atom is 0.387 e. The van der Waals surface area contributed by atoms with E-state index in [2.05, 4.69) is 26.9 Å². The van der Waals surface area contributed by atoms with Crippen LogP contribution in [0.5, 0.6) is 5.75 Å². The number of guanidine groups is 1. The third kappa shape index (κ3) is 8.46. The average molecular weight is 510 g/mol. The number of ether oxygens (including phenoxy) is 1. The van der Waals surface area contributed by atoms with Crippen molar-refractivity contribution < 1.29 is 13.5 Å². The molecule has 1 aliphatic heterocycles. The number of hydrogen-bond acceptors (Lipinski definition) is 3. The Labute approximate surface area is 184 Å². The highest BCUT2D eigenvalue weighted by molar-refractivity contribution is 14.0. The van der Waals surface area contributed by atoms with Gasteiger partial charge in [0.05, 0.1) is 0 Å². The Hall–Kier alpha value is -1.16. The van der Waals surface area contributed by atoms with E-state index in [1.165, 1.54) is 38.9 Å². The largest absolute Gasteiger partial charge is 0.435 e. The van der Waals surface area contributed by atoms with Crippen LogP contribution in [0.15, 0.2) is 29.3 Å². The predicted molar refractivity (Wildman–Crippen MR) is 121 cm³/mol. The van der Waals surface area contributed by atoms with Crippen molar-refractivity contribution in [3.63, 3.8) is 0 Å². The van der Waals surface area contributed by atoms with Gasteiger partial charge < -0.3 is 19.9 Å². The average Bonchev–Trinajstić information content (AvgIpc) is 2.65. The molecular formula is C20H33F2IN4O. The van der Waals surface area contributed by atoms with Crippen molar-refractivity contribution in [3.05, 3.63) is 29.8 Å². The Morgan fingerprint density at radius 2 is 1.93 bits per heavy atom. The van der Waals surface area contributed by atoms with Crippen LogP contribution in [0.25, 0.3) is 0 Å². The van der Waals surface area contributed by atoms with Gasteiger partial charge in [-0.1, -0.05) is 19.1 Å². The van der Waals surface area contributed by atoms with E-state index in [0.717, 1.165) is 18.1 Å². The van der Waals surface area contributed by atoms with Gasteiger partial charge in [0.2, 0.25) is 0 Å². The molecule has 0 amide bonds. The predicted octanol–water partition coefficient (Wildman–Crippen LogP) is 4.04. The topological polar surface area (TPSA) is 40.1 Å². The van der Waals surface area contributed by atoms with Crippen molar-refractivity contribution in [2.75, 3.05) is 40.3 Å². The quantitative estimate of drug-likeness (QED) is 0.326. The highest BCUT2D eigenvalue weighted by Gasteiger charge is 2.19. The molecule has 5 nitrogen and oxygen atoms in total. The molecule has 160 valence electrons. The number of likely N-dealkylation sites (tertiary alicyclic amines) is 1. The van der Waals surface area contributed by atoms with Gasteiger partial charge in [0, 0.05) is 27.2 Å². The summed E-state index contributed by atoms with van der Waals surface area (Å²) < 4.78 is 28.8. The number of nitrogens with one attached hydrogen (secondary N) is 1. The Morgan fingerprint density at radius 1 is 1.29 bits per heavy atom. The van der Waals surface area contributed by atoms with Gasteiger partial charge >= 0.3 is 6.61 Å². The van der Waals surface area contributed by atoms with Crippen LogP contribution < -0.4 is 10.1 Å². The van der Waals surface area contributed by atoms with E-state index in [0.29, 0.717) is 12.5 Å². The number of alkyl halides is 2. The molecule has 0 atom stereocenters. The second-order valence-corrected chi connectivity index (χ2v) is 7.09. The highest BCUT2D eigenvalue weighted by Crippen LogP contribution is 2.17. The van der Waals surface area contributed by atoms with Crippen LogP contribution >= 0.6 is 24.0 Å². The van der Waals surface area contributed by atoms with Crippen molar-refractivity contribution in [1.29, 1.82) is 0 Å². The molecule has 0 saturated carbocycles. The molecule has 0 radical (unpaired) electrons. The first-order chi connectivity index (χ1) is 13.0. The molecule has 1 heterocycles. The molecule has 2 rings (SSSR count). The van der Waals surface area contributed by atoms with Crippen LogP contribution in [-0.4, -0.2) is 62.6 Å². The van der Waals surface area contributed by atoms with Crippen molar-refractivity contribution in [3.8, 4) is 5.75 Å². The summed E-state index contributed by atoms with van der Waals surface area (Å²) in [6, 6.07) is 6.72. The summed E-state index contributed by atoms with van der Waals surface area (Å²) in [5, 5.41) is 3.48. The first-order valence-corrected chi connectivity index (χ1v) is 9.69. The number of aliphatic imine (C=N–C) groups is 1. The van der Waals surface area contributed by atoms with Crippen LogP contribution in [0.2, 0.25) is 0 Å². The number of hydrogen-bond donors (Lipinski definition) is 1. The normalized spacial score (nSPS) is 16.0. The zero-order valence-corrected chi connectivity index (χ0v) is 19.4. The minimum absolute atomic E-state index is 0. The van der Waals surface area contributed by atoms with Crippen molar-refractivity contribution >= 4 is 29.9 Å². The lowest BCUT2D eigenvalue weighted by atomic mass is 9.97. The van der Waals surface area contributed by atoms with Crippen LogP contribution in [0.3, 0.4) is 0 Å². The molecule has 28 heavy (non-hydrogen) atoms. The number of rotatable bonds is 8.